The van der Waals surface area contributed by atoms with Gasteiger partial charge in [0.15, 0.2) is 0 Å². The number of hydrogen-bond acceptors (Lipinski definition) is 3. The Balaban J connectivity index is 1.91. The topological polar surface area (TPSA) is 29.5 Å². The van der Waals surface area contributed by atoms with Crippen molar-refractivity contribution in [1.29, 1.82) is 0 Å². The van der Waals surface area contributed by atoms with Gasteiger partial charge in [-0.2, -0.15) is 0 Å². The summed E-state index contributed by atoms with van der Waals surface area (Å²) in [5.41, 5.74) is 0.497. The van der Waals surface area contributed by atoms with Crippen LogP contribution in [0, 0.1) is 0 Å². The van der Waals surface area contributed by atoms with Crippen LogP contribution in [0.2, 0.25) is 8.67 Å². The molecule has 19 heavy (non-hydrogen) atoms. The average Bonchev–Trinajstić information content (AvgIpc) is 2.75. The largest absolute Gasteiger partial charge is 0.377 e. The molecule has 1 aromatic heterocycles. The number of piperidine rings is 1. The zero-order valence-corrected chi connectivity index (χ0v) is 13.3. The van der Waals surface area contributed by atoms with E-state index in [2.05, 4.69) is 0 Å². The van der Waals surface area contributed by atoms with E-state index in [1.54, 1.807) is 11.0 Å². The zero-order valence-electron chi connectivity index (χ0n) is 10.2. The summed E-state index contributed by atoms with van der Waals surface area (Å²) in [6.45, 7) is 1.91. The van der Waals surface area contributed by atoms with Crippen molar-refractivity contribution >= 4 is 52.0 Å². The first-order valence-electron chi connectivity index (χ1n) is 6.03. The maximum absolute atomic E-state index is 12.3. The molecule has 1 fully saturated rings. The van der Waals surface area contributed by atoms with Crippen molar-refractivity contribution in [3.05, 3.63) is 20.3 Å². The molecule has 0 spiro atoms. The highest BCUT2D eigenvalue weighted by atomic mass is 35.5. The number of thiophene rings is 1. The van der Waals surface area contributed by atoms with Crippen LogP contribution in [-0.4, -0.2) is 42.5 Å². The smallest absolute Gasteiger partial charge is 0.256 e. The van der Waals surface area contributed by atoms with E-state index in [1.807, 2.05) is 0 Å². The molecule has 3 nitrogen and oxygen atoms in total. The highest BCUT2D eigenvalue weighted by Gasteiger charge is 2.26. The molecule has 0 atom stereocenters. The standard InChI is InChI=1S/C12H14Cl3NO2S/c13-3-6-18-8-1-4-16(5-2-8)12(17)9-7-10(14)19-11(9)15/h7-8H,1-6H2. The van der Waals surface area contributed by atoms with E-state index in [-0.39, 0.29) is 12.0 Å². The fourth-order valence-corrected chi connectivity index (χ4v) is 3.63. The summed E-state index contributed by atoms with van der Waals surface area (Å²) in [6.07, 6.45) is 1.86. The van der Waals surface area contributed by atoms with Crippen molar-refractivity contribution in [1.82, 2.24) is 4.90 Å². The van der Waals surface area contributed by atoms with Crippen molar-refractivity contribution in [2.75, 3.05) is 25.6 Å². The predicted octanol–water partition coefficient (Wildman–Crippen LogP) is 3.91. The maximum Gasteiger partial charge on any atom is 0.256 e. The number of carbonyl (C=O) groups excluding carboxylic acids is 1. The second kappa shape index (κ2) is 7.14. The summed E-state index contributed by atoms with van der Waals surface area (Å²) in [4.78, 5) is 14.1. The summed E-state index contributed by atoms with van der Waals surface area (Å²) in [7, 11) is 0. The van der Waals surface area contributed by atoms with Crippen LogP contribution in [0.25, 0.3) is 0 Å². The van der Waals surface area contributed by atoms with Gasteiger partial charge in [-0.05, 0) is 18.9 Å². The lowest BCUT2D eigenvalue weighted by Crippen LogP contribution is -2.41. The van der Waals surface area contributed by atoms with Crippen molar-refractivity contribution < 1.29 is 9.53 Å². The molecule has 106 valence electrons. The average molecular weight is 343 g/mol. The Hall–Kier alpha value is -0.000000000000000111. The van der Waals surface area contributed by atoms with Crippen molar-refractivity contribution in [3.8, 4) is 0 Å². The van der Waals surface area contributed by atoms with E-state index in [9.17, 15) is 4.79 Å². The number of likely N-dealkylation sites (tertiary alicyclic amines) is 1. The van der Waals surface area contributed by atoms with Crippen molar-refractivity contribution in [3.63, 3.8) is 0 Å². The van der Waals surface area contributed by atoms with E-state index < -0.39 is 0 Å². The van der Waals surface area contributed by atoms with E-state index >= 15 is 0 Å². The van der Waals surface area contributed by atoms with Crippen LogP contribution in [-0.2, 0) is 4.74 Å². The van der Waals surface area contributed by atoms with Gasteiger partial charge in [0.25, 0.3) is 5.91 Å². The lowest BCUT2D eigenvalue weighted by atomic mass is 10.1. The van der Waals surface area contributed by atoms with Crippen LogP contribution in [0.5, 0.6) is 0 Å². The molecule has 1 aromatic rings. The quantitative estimate of drug-likeness (QED) is 0.776. The van der Waals surface area contributed by atoms with E-state index in [0.29, 0.717) is 39.8 Å². The van der Waals surface area contributed by atoms with Crippen molar-refractivity contribution in [2.45, 2.75) is 18.9 Å². The molecule has 0 N–H and O–H groups in total. The molecule has 1 amide bonds. The Kier molecular flexibility index (Phi) is 5.78. The number of alkyl halides is 1. The lowest BCUT2D eigenvalue weighted by molar-refractivity contribution is 0.0154. The van der Waals surface area contributed by atoms with Gasteiger partial charge in [0.1, 0.15) is 4.34 Å². The normalized spacial score (nSPS) is 16.9. The molecule has 0 bridgehead atoms. The van der Waals surface area contributed by atoms with E-state index in [4.69, 9.17) is 39.5 Å². The highest BCUT2D eigenvalue weighted by molar-refractivity contribution is 7.20. The van der Waals surface area contributed by atoms with Gasteiger partial charge in [0, 0.05) is 19.0 Å². The monoisotopic (exact) mass is 341 g/mol. The number of nitrogens with zero attached hydrogens (tertiary/aromatic N) is 1. The second-order valence-corrected chi connectivity index (χ2v) is 6.95. The molecule has 2 rings (SSSR count). The third-order valence-corrected chi connectivity index (χ3v) is 4.69. The van der Waals surface area contributed by atoms with Gasteiger partial charge >= 0.3 is 0 Å². The molecule has 1 aliphatic heterocycles. The number of hydrogen-bond donors (Lipinski definition) is 0. The Morgan fingerprint density at radius 3 is 2.63 bits per heavy atom. The summed E-state index contributed by atoms with van der Waals surface area (Å²) in [5.74, 6) is 0.450. The van der Waals surface area contributed by atoms with Crippen LogP contribution >= 0.6 is 46.1 Å². The molecular weight excluding hydrogens is 329 g/mol. The van der Waals surface area contributed by atoms with Gasteiger partial charge in [0.2, 0.25) is 0 Å². The number of halogens is 3. The molecule has 0 aliphatic carbocycles. The number of amides is 1. The van der Waals surface area contributed by atoms with Gasteiger partial charge in [-0.3, -0.25) is 4.79 Å². The van der Waals surface area contributed by atoms with Crippen LogP contribution in [0.15, 0.2) is 6.07 Å². The van der Waals surface area contributed by atoms with E-state index in [0.717, 1.165) is 12.8 Å². The van der Waals surface area contributed by atoms with Crippen LogP contribution in [0.1, 0.15) is 23.2 Å². The molecule has 0 radical (unpaired) electrons. The molecule has 2 heterocycles. The molecule has 1 saturated heterocycles. The molecule has 7 heteroatoms. The number of ether oxygens (including phenoxy) is 1. The minimum Gasteiger partial charge on any atom is -0.377 e. The fourth-order valence-electron chi connectivity index (χ4n) is 2.09. The molecular formula is C12H14Cl3NO2S. The number of rotatable bonds is 4. The van der Waals surface area contributed by atoms with Crippen LogP contribution in [0.3, 0.4) is 0 Å². The minimum absolute atomic E-state index is 0.0519. The SMILES string of the molecule is O=C(c1cc(Cl)sc1Cl)N1CCC(OCCCl)CC1. The molecule has 0 saturated carbocycles. The van der Waals surface area contributed by atoms with Gasteiger partial charge in [0.05, 0.1) is 22.6 Å². The van der Waals surface area contributed by atoms with Crippen molar-refractivity contribution in [2.24, 2.45) is 0 Å². The third-order valence-electron chi connectivity index (χ3n) is 3.05. The summed E-state index contributed by atoms with van der Waals surface area (Å²) >= 11 is 18.7. The predicted molar refractivity (Wildman–Crippen MR) is 79.9 cm³/mol. The summed E-state index contributed by atoms with van der Waals surface area (Å²) in [6, 6.07) is 1.63. The maximum atomic E-state index is 12.3. The van der Waals surface area contributed by atoms with Gasteiger partial charge in [-0.25, -0.2) is 0 Å². The Morgan fingerprint density at radius 2 is 2.11 bits per heavy atom. The molecule has 1 aliphatic rings. The van der Waals surface area contributed by atoms with Gasteiger partial charge < -0.3 is 9.64 Å². The summed E-state index contributed by atoms with van der Waals surface area (Å²) < 4.78 is 6.57. The van der Waals surface area contributed by atoms with Gasteiger partial charge in [-0.15, -0.1) is 22.9 Å². The first-order valence-corrected chi connectivity index (χ1v) is 8.14. The molecule has 0 unspecified atom stereocenters. The minimum atomic E-state index is -0.0519. The first kappa shape index (κ1) is 15.4. The second-order valence-electron chi connectivity index (χ2n) is 4.29. The van der Waals surface area contributed by atoms with Gasteiger partial charge in [-0.1, -0.05) is 23.2 Å². The zero-order chi connectivity index (χ0) is 13.8. The Bertz CT molecular complexity index is 444. The Labute approximate surface area is 131 Å². The van der Waals surface area contributed by atoms with Crippen LogP contribution < -0.4 is 0 Å². The number of carbonyl (C=O) groups is 1. The fraction of sp³-hybridized carbons (Fsp3) is 0.583. The van der Waals surface area contributed by atoms with E-state index in [1.165, 1.54) is 11.3 Å². The third kappa shape index (κ3) is 3.99. The van der Waals surface area contributed by atoms with Crippen LogP contribution in [0.4, 0.5) is 0 Å². The highest BCUT2D eigenvalue weighted by Crippen LogP contribution is 2.32. The molecule has 0 aromatic carbocycles. The first-order chi connectivity index (χ1) is 9.11. The Morgan fingerprint density at radius 1 is 1.42 bits per heavy atom. The summed E-state index contributed by atoms with van der Waals surface area (Å²) in [5, 5.41) is 0. The lowest BCUT2D eigenvalue weighted by Gasteiger charge is -2.31.